The van der Waals surface area contributed by atoms with Crippen LogP contribution in [0, 0.1) is 5.92 Å². The van der Waals surface area contributed by atoms with Crippen LogP contribution in [0.1, 0.15) is 18.9 Å². The van der Waals surface area contributed by atoms with E-state index >= 15 is 0 Å². The standard InChI is InChI=1S/C16H23N5O2/c1-4-17-15(23)13-7-8-21(11-13)14(22)6-5-12-9-18-16(19-10-12)20(2)3/h5-6,9-10,13H,4,7-8,11H2,1-3H3,(H,17,23)/b6-5+. The van der Waals surface area contributed by atoms with Gasteiger partial charge in [-0.25, -0.2) is 9.97 Å². The first kappa shape index (κ1) is 16.9. The predicted molar refractivity (Wildman–Crippen MR) is 88.8 cm³/mol. The van der Waals surface area contributed by atoms with Gasteiger partial charge in [0.25, 0.3) is 0 Å². The molecule has 1 fully saturated rings. The van der Waals surface area contributed by atoms with Gasteiger partial charge in [-0.15, -0.1) is 0 Å². The Kier molecular flexibility index (Phi) is 5.67. The lowest BCUT2D eigenvalue weighted by Crippen LogP contribution is -2.33. The zero-order chi connectivity index (χ0) is 16.8. The lowest BCUT2D eigenvalue weighted by atomic mass is 10.1. The molecule has 2 rings (SSSR count). The Morgan fingerprint density at radius 1 is 1.39 bits per heavy atom. The quantitative estimate of drug-likeness (QED) is 0.802. The van der Waals surface area contributed by atoms with E-state index in [1.165, 1.54) is 6.08 Å². The summed E-state index contributed by atoms with van der Waals surface area (Å²) in [5.41, 5.74) is 0.767. The molecule has 2 heterocycles. The molecule has 7 heteroatoms. The second-order valence-corrected chi connectivity index (χ2v) is 5.71. The Labute approximate surface area is 136 Å². The molecular formula is C16H23N5O2. The van der Waals surface area contributed by atoms with Crippen LogP contribution in [0.25, 0.3) is 6.08 Å². The number of anilines is 1. The monoisotopic (exact) mass is 317 g/mol. The number of carbonyl (C=O) groups is 2. The number of nitrogens with zero attached hydrogens (tertiary/aromatic N) is 4. The van der Waals surface area contributed by atoms with Gasteiger partial charge in [0.1, 0.15) is 0 Å². The largest absolute Gasteiger partial charge is 0.356 e. The van der Waals surface area contributed by atoms with E-state index in [4.69, 9.17) is 0 Å². The van der Waals surface area contributed by atoms with Crippen molar-refractivity contribution in [1.82, 2.24) is 20.2 Å². The molecule has 1 saturated heterocycles. The van der Waals surface area contributed by atoms with Crippen LogP contribution in [0.5, 0.6) is 0 Å². The van der Waals surface area contributed by atoms with Crippen LogP contribution in [0.2, 0.25) is 0 Å². The molecule has 0 spiro atoms. The van der Waals surface area contributed by atoms with E-state index in [1.807, 2.05) is 25.9 Å². The Bertz CT molecular complexity index is 583. The highest BCUT2D eigenvalue weighted by Gasteiger charge is 2.29. The van der Waals surface area contributed by atoms with E-state index in [1.54, 1.807) is 23.4 Å². The van der Waals surface area contributed by atoms with Crippen molar-refractivity contribution in [3.05, 3.63) is 24.0 Å². The van der Waals surface area contributed by atoms with Crippen LogP contribution < -0.4 is 10.2 Å². The number of carbonyl (C=O) groups excluding carboxylic acids is 2. The normalized spacial score (nSPS) is 17.5. The molecule has 1 unspecified atom stereocenters. The van der Waals surface area contributed by atoms with Crippen LogP contribution >= 0.6 is 0 Å². The third-order valence-corrected chi connectivity index (χ3v) is 3.70. The van der Waals surface area contributed by atoms with Gasteiger partial charge in [-0.1, -0.05) is 0 Å². The molecule has 0 aliphatic carbocycles. The fraction of sp³-hybridized carbons (Fsp3) is 0.500. The van der Waals surface area contributed by atoms with E-state index in [-0.39, 0.29) is 17.7 Å². The first-order chi connectivity index (χ1) is 11.0. The van der Waals surface area contributed by atoms with Crippen molar-refractivity contribution in [1.29, 1.82) is 0 Å². The van der Waals surface area contributed by atoms with Crippen LogP contribution in [-0.4, -0.2) is 60.4 Å². The second kappa shape index (κ2) is 7.71. The Hall–Kier alpha value is -2.44. The third kappa shape index (κ3) is 4.51. The molecule has 1 aliphatic heterocycles. The van der Waals surface area contributed by atoms with Gasteiger partial charge in [-0.3, -0.25) is 9.59 Å². The first-order valence-corrected chi connectivity index (χ1v) is 7.75. The molecule has 1 atom stereocenters. The Morgan fingerprint density at radius 2 is 2.09 bits per heavy atom. The summed E-state index contributed by atoms with van der Waals surface area (Å²) in [5.74, 6) is 0.459. The lowest BCUT2D eigenvalue weighted by Gasteiger charge is -2.14. The molecule has 23 heavy (non-hydrogen) atoms. The van der Waals surface area contributed by atoms with Crippen LogP contribution in [0.15, 0.2) is 18.5 Å². The van der Waals surface area contributed by atoms with E-state index in [2.05, 4.69) is 15.3 Å². The van der Waals surface area contributed by atoms with Crippen LogP contribution in [0.4, 0.5) is 5.95 Å². The van der Waals surface area contributed by atoms with Gasteiger partial charge < -0.3 is 15.1 Å². The SMILES string of the molecule is CCNC(=O)C1CCN(C(=O)/C=C/c2cnc(N(C)C)nc2)C1. The van der Waals surface area contributed by atoms with Crippen LogP contribution in [-0.2, 0) is 9.59 Å². The summed E-state index contributed by atoms with van der Waals surface area (Å²) in [5, 5.41) is 2.80. The van der Waals surface area contributed by atoms with Crippen molar-refractivity contribution in [2.45, 2.75) is 13.3 Å². The van der Waals surface area contributed by atoms with Crippen molar-refractivity contribution in [2.24, 2.45) is 5.92 Å². The van der Waals surface area contributed by atoms with Crippen molar-refractivity contribution < 1.29 is 9.59 Å². The molecule has 124 valence electrons. The average molecular weight is 317 g/mol. The van der Waals surface area contributed by atoms with Gasteiger partial charge in [0, 0.05) is 57.8 Å². The molecule has 1 N–H and O–H groups in total. The minimum atomic E-state index is -0.102. The summed E-state index contributed by atoms with van der Waals surface area (Å²) in [7, 11) is 3.74. The number of rotatable bonds is 5. The van der Waals surface area contributed by atoms with Crippen molar-refractivity contribution in [2.75, 3.05) is 38.6 Å². The maximum Gasteiger partial charge on any atom is 0.246 e. The maximum atomic E-state index is 12.2. The molecule has 2 amide bonds. The third-order valence-electron chi connectivity index (χ3n) is 3.70. The van der Waals surface area contributed by atoms with Gasteiger partial charge >= 0.3 is 0 Å². The maximum absolute atomic E-state index is 12.2. The van der Waals surface area contributed by atoms with Gasteiger partial charge in [0.05, 0.1) is 5.92 Å². The number of aromatic nitrogens is 2. The highest BCUT2D eigenvalue weighted by atomic mass is 16.2. The number of hydrogen-bond donors (Lipinski definition) is 1. The zero-order valence-corrected chi connectivity index (χ0v) is 13.8. The van der Waals surface area contributed by atoms with E-state index in [0.717, 1.165) is 5.56 Å². The van der Waals surface area contributed by atoms with Crippen LogP contribution in [0.3, 0.4) is 0 Å². The van der Waals surface area contributed by atoms with Gasteiger partial charge in [0.15, 0.2) is 0 Å². The fourth-order valence-corrected chi connectivity index (χ4v) is 2.41. The average Bonchev–Trinajstić information content (AvgIpc) is 3.03. The van der Waals surface area contributed by atoms with Gasteiger partial charge in [-0.2, -0.15) is 0 Å². The summed E-state index contributed by atoms with van der Waals surface area (Å²) in [4.78, 5) is 35.9. The summed E-state index contributed by atoms with van der Waals surface area (Å²) in [6, 6.07) is 0. The molecular weight excluding hydrogens is 294 g/mol. The van der Waals surface area contributed by atoms with E-state index < -0.39 is 0 Å². The second-order valence-electron chi connectivity index (χ2n) is 5.71. The Morgan fingerprint density at radius 3 is 2.70 bits per heavy atom. The fourth-order valence-electron chi connectivity index (χ4n) is 2.41. The molecule has 0 radical (unpaired) electrons. The molecule has 1 aromatic rings. The smallest absolute Gasteiger partial charge is 0.246 e. The first-order valence-electron chi connectivity index (χ1n) is 7.75. The summed E-state index contributed by atoms with van der Waals surface area (Å²) in [6.45, 7) is 3.60. The van der Waals surface area contributed by atoms with E-state index in [0.29, 0.717) is 32.0 Å². The van der Waals surface area contributed by atoms with Crippen molar-refractivity contribution >= 4 is 23.8 Å². The predicted octanol–water partition coefficient (Wildman–Crippen LogP) is 0.540. The summed E-state index contributed by atoms with van der Waals surface area (Å²) in [6.07, 6.45) is 7.27. The molecule has 1 aromatic heterocycles. The highest BCUT2D eigenvalue weighted by Crippen LogP contribution is 2.17. The molecule has 0 saturated carbocycles. The minimum Gasteiger partial charge on any atom is -0.356 e. The Balaban J connectivity index is 1.90. The zero-order valence-electron chi connectivity index (χ0n) is 13.8. The molecule has 0 aromatic carbocycles. The topological polar surface area (TPSA) is 78.4 Å². The molecule has 7 nitrogen and oxygen atoms in total. The molecule has 0 bridgehead atoms. The highest BCUT2D eigenvalue weighted by molar-refractivity contribution is 5.92. The number of hydrogen-bond acceptors (Lipinski definition) is 5. The van der Waals surface area contributed by atoms with Gasteiger partial charge in [-0.05, 0) is 19.4 Å². The molecule has 1 aliphatic rings. The van der Waals surface area contributed by atoms with Crippen molar-refractivity contribution in [3.8, 4) is 0 Å². The van der Waals surface area contributed by atoms with Gasteiger partial charge in [0.2, 0.25) is 17.8 Å². The summed E-state index contributed by atoms with van der Waals surface area (Å²) >= 11 is 0. The number of nitrogens with one attached hydrogen (secondary N) is 1. The van der Waals surface area contributed by atoms with E-state index in [9.17, 15) is 9.59 Å². The minimum absolute atomic E-state index is 0.0273. The number of likely N-dealkylation sites (tertiary alicyclic amines) is 1. The summed E-state index contributed by atoms with van der Waals surface area (Å²) < 4.78 is 0. The lowest BCUT2D eigenvalue weighted by molar-refractivity contribution is -0.126. The number of amides is 2. The van der Waals surface area contributed by atoms with Crippen molar-refractivity contribution in [3.63, 3.8) is 0 Å².